The van der Waals surface area contributed by atoms with Gasteiger partial charge in [0, 0.05) is 23.9 Å². The minimum Gasteiger partial charge on any atom is -0.405 e. The van der Waals surface area contributed by atoms with Crippen molar-refractivity contribution in [2.24, 2.45) is 5.73 Å². The van der Waals surface area contributed by atoms with Crippen LogP contribution in [0.4, 0.5) is 13.2 Å². The summed E-state index contributed by atoms with van der Waals surface area (Å²) in [5.41, 5.74) is 6.27. The standard InChI is InChI=1S/C12H12F3N3O.ClH/c13-12(14,15)19-11-4-2-1-3-10(11)9-7-17-18(8-9)6-5-16;/h1-4,7-8H,5-6,16H2;1H. The molecule has 0 saturated heterocycles. The molecule has 0 aliphatic carbocycles. The molecule has 2 aromatic rings. The number of hydrogen-bond acceptors (Lipinski definition) is 3. The minimum atomic E-state index is -4.72. The molecule has 0 bridgehead atoms. The Bertz CT molecular complexity index is 557. The first-order chi connectivity index (χ1) is 8.99. The molecule has 4 nitrogen and oxygen atoms in total. The van der Waals surface area contributed by atoms with Gasteiger partial charge >= 0.3 is 6.36 Å². The molecule has 1 heterocycles. The van der Waals surface area contributed by atoms with Crippen LogP contribution in [0.15, 0.2) is 36.7 Å². The Kier molecular flexibility index (Phi) is 5.41. The molecular formula is C12H13ClF3N3O. The molecule has 0 aliphatic heterocycles. The number of halogens is 4. The van der Waals surface area contributed by atoms with Crippen molar-refractivity contribution < 1.29 is 17.9 Å². The van der Waals surface area contributed by atoms with Gasteiger partial charge in [0.25, 0.3) is 0 Å². The third-order valence-electron chi connectivity index (χ3n) is 2.42. The van der Waals surface area contributed by atoms with Crippen LogP contribution in [-0.4, -0.2) is 22.7 Å². The summed E-state index contributed by atoms with van der Waals surface area (Å²) in [6.07, 6.45) is -1.61. The zero-order valence-corrected chi connectivity index (χ0v) is 11.1. The summed E-state index contributed by atoms with van der Waals surface area (Å²) in [6, 6.07) is 5.93. The predicted molar refractivity (Wildman–Crippen MR) is 70.6 cm³/mol. The number of nitrogens with zero attached hydrogens (tertiary/aromatic N) is 2. The third kappa shape index (κ3) is 4.14. The summed E-state index contributed by atoms with van der Waals surface area (Å²) >= 11 is 0. The number of para-hydroxylation sites is 1. The lowest BCUT2D eigenvalue weighted by molar-refractivity contribution is -0.274. The zero-order valence-electron chi connectivity index (χ0n) is 10.3. The van der Waals surface area contributed by atoms with Gasteiger partial charge in [-0.15, -0.1) is 25.6 Å². The number of rotatable bonds is 4. The maximum absolute atomic E-state index is 12.3. The SMILES string of the molecule is Cl.NCCn1cc(-c2ccccc2OC(F)(F)F)cn1. The van der Waals surface area contributed by atoms with Crippen LogP contribution in [0, 0.1) is 0 Å². The van der Waals surface area contributed by atoms with Crippen molar-refractivity contribution in [1.29, 1.82) is 0 Å². The quantitative estimate of drug-likeness (QED) is 0.945. The highest BCUT2D eigenvalue weighted by molar-refractivity contribution is 5.85. The van der Waals surface area contributed by atoms with Crippen LogP contribution >= 0.6 is 12.4 Å². The Morgan fingerprint density at radius 1 is 1.25 bits per heavy atom. The van der Waals surface area contributed by atoms with Crippen molar-refractivity contribution in [3.8, 4) is 16.9 Å². The Morgan fingerprint density at radius 3 is 2.60 bits per heavy atom. The van der Waals surface area contributed by atoms with Crippen molar-refractivity contribution in [3.05, 3.63) is 36.7 Å². The lowest BCUT2D eigenvalue weighted by Gasteiger charge is -2.11. The van der Waals surface area contributed by atoms with Crippen molar-refractivity contribution in [2.45, 2.75) is 12.9 Å². The van der Waals surface area contributed by atoms with Crippen LogP contribution < -0.4 is 10.5 Å². The summed E-state index contributed by atoms with van der Waals surface area (Å²) in [5.74, 6) is -0.248. The van der Waals surface area contributed by atoms with Crippen LogP contribution in [0.1, 0.15) is 0 Å². The average Bonchev–Trinajstić information content (AvgIpc) is 2.76. The second-order valence-corrected chi connectivity index (χ2v) is 3.82. The van der Waals surface area contributed by atoms with Crippen molar-refractivity contribution in [3.63, 3.8) is 0 Å². The second kappa shape index (κ2) is 6.62. The molecule has 1 aromatic heterocycles. The highest BCUT2D eigenvalue weighted by Crippen LogP contribution is 2.33. The first-order valence-electron chi connectivity index (χ1n) is 5.57. The van der Waals surface area contributed by atoms with E-state index in [2.05, 4.69) is 9.84 Å². The van der Waals surface area contributed by atoms with E-state index in [4.69, 9.17) is 5.73 Å². The van der Waals surface area contributed by atoms with E-state index in [1.165, 1.54) is 18.3 Å². The molecule has 0 spiro atoms. The highest BCUT2D eigenvalue weighted by Gasteiger charge is 2.32. The lowest BCUT2D eigenvalue weighted by Crippen LogP contribution is -2.17. The average molecular weight is 308 g/mol. The van der Waals surface area contributed by atoms with Gasteiger partial charge in [-0.3, -0.25) is 4.68 Å². The number of nitrogens with two attached hydrogens (primary N) is 1. The number of benzene rings is 1. The number of ether oxygens (including phenoxy) is 1. The fourth-order valence-electron chi connectivity index (χ4n) is 1.68. The van der Waals surface area contributed by atoms with Gasteiger partial charge in [-0.1, -0.05) is 18.2 Å². The highest BCUT2D eigenvalue weighted by atomic mass is 35.5. The Hall–Kier alpha value is -1.73. The van der Waals surface area contributed by atoms with Crippen LogP contribution in [-0.2, 0) is 6.54 Å². The zero-order chi connectivity index (χ0) is 13.9. The number of hydrogen-bond donors (Lipinski definition) is 1. The van der Waals surface area contributed by atoms with Gasteiger partial charge in [0.15, 0.2) is 0 Å². The van der Waals surface area contributed by atoms with Gasteiger partial charge in [0.2, 0.25) is 0 Å². The smallest absolute Gasteiger partial charge is 0.405 e. The summed E-state index contributed by atoms with van der Waals surface area (Å²) in [5, 5.41) is 4.02. The normalized spacial score (nSPS) is 11.0. The minimum absolute atomic E-state index is 0. The molecule has 0 atom stereocenters. The molecule has 2 rings (SSSR count). The van der Waals surface area contributed by atoms with Crippen LogP contribution in [0.2, 0.25) is 0 Å². The van der Waals surface area contributed by atoms with Gasteiger partial charge < -0.3 is 10.5 Å². The monoisotopic (exact) mass is 307 g/mol. The van der Waals surface area contributed by atoms with Crippen LogP contribution in [0.25, 0.3) is 11.1 Å². The summed E-state index contributed by atoms with van der Waals surface area (Å²) in [6.45, 7) is 0.907. The van der Waals surface area contributed by atoms with E-state index in [9.17, 15) is 13.2 Å². The van der Waals surface area contributed by atoms with Crippen molar-refractivity contribution in [1.82, 2.24) is 9.78 Å². The summed E-state index contributed by atoms with van der Waals surface area (Å²) in [7, 11) is 0. The maximum atomic E-state index is 12.3. The second-order valence-electron chi connectivity index (χ2n) is 3.82. The van der Waals surface area contributed by atoms with Crippen molar-refractivity contribution in [2.75, 3.05) is 6.54 Å². The van der Waals surface area contributed by atoms with Crippen molar-refractivity contribution >= 4 is 12.4 Å². The molecule has 1 aromatic carbocycles. The van der Waals surface area contributed by atoms with Gasteiger partial charge in [-0.2, -0.15) is 5.10 Å². The van der Waals surface area contributed by atoms with E-state index in [0.717, 1.165) is 0 Å². The number of alkyl halides is 3. The van der Waals surface area contributed by atoms with E-state index < -0.39 is 6.36 Å². The molecular weight excluding hydrogens is 295 g/mol. The molecule has 0 fully saturated rings. The summed E-state index contributed by atoms with van der Waals surface area (Å²) < 4.78 is 42.5. The lowest BCUT2D eigenvalue weighted by atomic mass is 10.1. The molecule has 0 unspecified atom stereocenters. The number of aromatic nitrogens is 2. The third-order valence-corrected chi connectivity index (χ3v) is 2.42. The Morgan fingerprint density at radius 2 is 1.95 bits per heavy atom. The summed E-state index contributed by atoms with van der Waals surface area (Å²) in [4.78, 5) is 0. The van der Waals surface area contributed by atoms with Gasteiger partial charge in [-0.05, 0) is 6.07 Å². The van der Waals surface area contributed by atoms with E-state index in [1.807, 2.05) is 0 Å². The fraction of sp³-hybridized carbons (Fsp3) is 0.250. The first kappa shape index (κ1) is 16.3. The maximum Gasteiger partial charge on any atom is 0.573 e. The molecule has 2 N–H and O–H groups in total. The molecule has 0 saturated carbocycles. The molecule has 110 valence electrons. The molecule has 20 heavy (non-hydrogen) atoms. The Balaban J connectivity index is 0.00000200. The largest absolute Gasteiger partial charge is 0.573 e. The van der Waals surface area contributed by atoms with E-state index in [1.54, 1.807) is 23.0 Å². The van der Waals surface area contributed by atoms with E-state index in [0.29, 0.717) is 24.2 Å². The Labute approximate surface area is 119 Å². The molecule has 0 radical (unpaired) electrons. The van der Waals surface area contributed by atoms with Gasteiger partial charge in [0.05, 0.1) is 12.7 Å². The van der Waals surface area contributed by atoms with Crippen LogP contribution in [0.3, 0.4) is 0 Å². The molecule has 8 heteroatoms. The van der Waals surface area contributed by atoms with E-state index in [-0.39, 0.29) is 18.2 Å². The predicted octanol–water partition coefficient (Wildman–Crippen LogP) is 2.83. The van der Waals surface area contributed by atoms with E-state index >= 15 is 0 Å². The van der Waals surface area contributed by atoms with Gasteiger partial charge in [-0.25, -0.2) is 0 Å². The van der Waals surface area contributed by atoms with Crippen LogP contribution in [0.5, 0.6) is 5.75 Å². The molecule has 0 aliphatic rings. The molecule has 0 amide bonds. The first-order valence-corrected chi connectivity index (χ1v) is 5.57. The van der Waals surface area contributed by atoms with Gasteiger partial charge in [0.1, 0.15) is 5.75 Å². The topological polar surface area (TPSA) is 53.1 Å². The fourth-order valence-corrected chi connectivity index (χ4v) is 1.68.